The molecule has 0 aliphatic heterocycles. The van der Waals surface area contributed by atoms with Crippen molar-refractivity contribution in [2.75, 3.05) is 24.9 Å². The van der Waals surface area contributed by atoms with Crippen molar-refractivity contribution in [1.82, 2.24) is 10.2 Å². The van der Waals surface area contributed by atoms with Crippen LogP contribution in [0.1, 0.15) is 48.6 Å². The summed E-state index contributed by atoms with van der Waals surface area (Å²) in [4.78, 5) is 30.9. The van der Waals surface area contributed by atoms with E-state index in [1.165, 1.54) is 6.42 Å². The molecule has 1 N–H and O–H groups in total. The van der Waals surface area contributed by atoms with Gasteiger partial charge in [-0.1, -0.05) is 37.5 Å². The van der Waals surface area contributed by atoms with Crippen LogP contribution in [0.25, 0.3) is 0 Å². The van der Waals surface area contributed by atoms with Gasteiger partial charge in [0.2, 0.25) is 11.8 Å². The van der Waals surface area contributed by atoms with E-state index in [-0.39, 0.29) is 23.7 Å². The molecule has 1 aliphatic carbocycles. The number of halogens is 1. The van der Waals surface area contributed by atoms with Gasteiger partial charge >= 0.3 is 0 Å². The number of nitrogens with zero attached hydrogens (tertiary/aromatic N) is 2. The monoisotopic (exact) mass is 447 g/mol. The molecular weight excluding hydrogens is 418 g/mol. The smallest absolute Gasteiger partial charge is 0.247 e. The number of thiophene rings is 1. The van der Waals surface area contributed by atoms with Gasteiger partial charge in [0.1, 0.15) is 11.9 Å². The Kier molecular flexibility index (Phi) is 8.16. The Bertz CT molecular complexity index is 817. The van der Waals surface area contributed by atoms with Crippen LogP contribution in [-0.2, 0) is 16.1 Å². The predicted molar refractivity (Wildman–Crippen MR) is 124 cm³/mol. The minimum absolute atomic E-state index is 0.130. The molecule has 5 nitrogen and oxygen atoms in total. The van der Waals surface area contributed by atoms with Gasteiger partial charge < -0.3 is 15.1 Å². The predicted octanol–water partition coefficient (Wildman–Crippen LogP) is 4.57. The fourth-order valence-electron chi connectivity index (χ4n) is 3.93. The second-order valence-electron chi connectivity index (χ2n) is 7.97. The standard InChI is InChI=1S/C23H30ClN3O2S/c1-26(2)19-12-10-17(11-13-19)22(23(29)25-18-7-4-3-5-8-18)27(21(28)15-24)16-20-9-6-14-30-20/h6,9-14,18,22H,3-5,7-8,15-16H2,1-2H3,(H,25,29)/t22-/m0/s1. The summed E-state index contributed by atoms with van der Waals surface area (Å²) < 4.78 is 0. The highest BCUT2D eigenvalue weighted by Gasteiger charge is 2.32. The van der Waals surface area contributed by atoms with Crippen molar-refractivity contribution in [3.63, 3.8) is 0 Å². The van der Waals surface area contributed by atoms with E-state index < -0.39 is 6.04 Å². The molecule has 3 rings (SSSR count). The van der Waals surface area contributed by atoms with Crippen LogP contribution in [0, 0.1) is 0 Å². The van der Waals surface area contributed by atoms with Crippen LogP contribution in [0.15, 0.2) is 41.8 Å². The first kappa shape index (κ1) is 22.6. The van der Waals surface area contributed by atoms with Crippen LogP contribution in [0.4, 0.5) is 5.69 Å². The zero-order valence-electron chi connectivity index (χ0n) is 17.6. The topological polar surface area (TPSA) is 52.7 Å². The van der Waals surface area contributed by atoms with Gasteiger partial charge in [0, 0.05) is 30.7 Å². The second kappa shape index (κ2) is 10.8. The third-order valence-electron chi connectivity index (χ3n) is 5.58. The summed E-state index contributed by atoms with van der Waals surface area (Å²) in [6.45, 7) is 0.363. The summed E-state index contributed by atoms with van der Waals surface area (Å²) >= 11 is 7.53. The van der Waals surface area contributed by atoms with E-state index in [9.17, 15) is 9.59 Å². The maximum Gasteiger partial charge on any atom is 0.247 e. The Morgan fingerprint density at radius 3 is 2.40 bits per heavy atom. The van der Waals surface area contributed by atoms with Crippen LogP contribution >= 0.6 is 22.9 Å². The summed E-state index contributed by atoms with van der Waals surface area (Å²) in [5.41, 5.74) is 1.84. The number of carbonyl (C=O) groups excluding carboxylic acids is 2. The number of alkyl halides is 1. The zero-order valence-corrected chi connectivity index (χ0v) is 19.2. The second-order valence-corrected chi connectivity index (χ2v) is 9.27. The Hall–Kier alpha value is -2.05. The maximum atomic E-state index is 13.5. The van der Waals surface area contributed by atoms with Crippen LogP contribution in [0.3, 0.4) is 0 Å². The number of nitrogens with one attached hydrogen (secondary N) is 1. The van der Waals surface area contributed by atoms with Crippen LogP contribution in [0.5, 0.6) is 0 Å². The van der Waals surface area contributed by atoms with Crippen molar-refractivity contribution < 1.29 is 9.59 Å². The molecule has 0 unspecified atom stereocenters. The average Bonchev–Trinajstić information content (AvgIpc) is 3.27. The number of anilines is 1. The van der Waals surface area contributed by atoms with Gasteiger partial charge in [-0.05, 0) is 42.0 Å². The van der Waals surface area contributed by atoms with Crippen LogP contribution < -0.4 is 10.2 Å². The van der Waals surface area contributed by atoms with E-state index in [1.807, 2.05) is 60.8 Å². The summed E-state index contributed by atoms with van der Waals surface area (Å²) in [6.07, 6.45) is 5.47. The van der Waals surface area contributed by atoms with Gasteiger partial charge in [0.15, 0.2) is 0 Å². The van der Waals surface area contributed by atoms with Crippen LogP contribution in [0.2, 0.25) is 0 Å². The average molecular weight is 448 g/mol. The first-order valence-electron chi connectivity index (χ1n) is 10.4. The molecule has 0 spiro atoms. The number of hydrogen-bond acceptors (Lipinski definition) is 4. The van der Waals surface area contributed by atoms with Crippen molar-refractivity contribution in [2.24, 2.45) is 0 Å². The SMILES string of the molecule is CN(C)c1ccc([C@@H](C(=O)NC2CCCCC2)N(Cc2cccs2)C(=O)CCl)cc1. The van der Waals surface area contributed by atoms with Crippen molar-refractivity contribution in [3.8, 4) is 0 Å². The summed E-state index contributed by atoms with van der Waals surface area (Å²) in [6, 6.07) is 11.2. The lowest BCUT2D eigenvalue weighted by Crippen LogP contribution is -2.47. The zero-order chi connectivity index (χ0) is 21.5. The minimum Gasteiger partial charge on any atom is -0.378 e. The highest BCUT2D eigenvalue weighted by molar-refractivity contribution is 7.09. The number of rotatable bonds is 8. The van der Waals surface area contributed by atoms with E-state index in [2.05, 4.69) is 5.32 Å². The normalized spacial score (nSPS) is 15.4. The molecular formula is C23H30ClN3O2S. The summed E-state index contributed by atoms with van der Waals surface area (Å²) in [7, 11) is 3.95. The molecule has 30 heavy (non-hydrogen) atoms. The Morgan fingerprint density at radius 1 is 1.13 bits per heavy atom. The number of amides is 2. The summed E-state index contributed by atoms with van der Waals surface area (Å²) in [5.74, 6) is -0.533. The van der Waals surface area contributed by atoms with Crippen LogP contribution in [-0.4, -0.2) is 42.7 Å². The molecule has 162 valence electrons. The Balaban J connectivity index is 1.92. The fraction of sp³-hybridized carbons (Fsp3) is 0.478. The molecule has 7 heteroatoms. The van der Waals surface area contributed by atoms with E-state index in [0.29, 0.717) is 6.54 Å². The number of benzene rings is 1. The lowest BCUT2D eigenvalue weighted by molar-refractivity contribution is -0.140. The molecule has 1 aromatic heterocycles. The molecule has 1 fully saturated rings. The molecule has 2 aromatic rings. The molecule has 0 radical (unpaired) electrons. The van der Waals surface area contributed by atoms with E-state index in [1.54, 1.807) is 16.2 Å². The Morgan fingerprint density at radius 2 is 1.83 bits per heavy atom. The quantitative estimate of drug-likeness (QED) is 0.603. The van der Waals surface area contributed by atoms with Gasteiger partial charge in [-0.3, -0.25) is 9.59 Å². The first-order valence-corrected chi connectivity index (χ1v) is 11.9. The third kappa shape index (κ3) is 5.76. The molecule has 1 heterocycles. The van der Waals surface area contributed by atoms with Gasteiger partial charge in [-0.2, -0.15) is 0 Å². The maximum absolute atomic E-state index is 13.5. The molecule has 0 bridgehead atoms. The largest absolute Gasteiger partial charge is 0.378 e. The Labute approximate surface area is 188 Å². The number of carbonyl (C=O) groups is 2. The van der Waals surface area contributed by atoms with E-state index in [0.717, 1.165) is 41.8 Å². The van der Waals surface area contributed by atoms with Gasteiger partial charge in [0.05, 0.1) is 6.54 Å². The van der Waals surface area contributed by atoms with Crippen molar-refractivity contribution in [1.29, 1.82) is 0 Å². The molecule has 1 atom stereocenters. The first-order chi connectivity index (χ1) is 14.5. The fourth-order valence-corrected chi connectivity index (χ4v) is 4.78. The molecule has 1 aromatic carbocycles. The van der Waals surface area contributed by atoms with E-state index >= 15 is 0 Å². The molecule has 2 amide bonds. The van der Waals surface area contributed by atoms with Crippen molar-refractivity contribution >= 4 is 40.4 Å². The third-order valence-corrected chi connectivity index (χ3v) is 6.67. The van der Waals surface area contributed by atoms with Crippen molar-refractivity contribution in [3.05, 3.63) is 52.2 Å². The van der Waals surface area contributed by atoms with Gasteiger partial charge in [-0.25, -0.2) is 0 Å². The number of hydrogen-bond donors (Lipinski definition) is 1. The lowest BCUT2D eigenvalue weighted by Gasteiger charge is -2.33. The molecule has 0 saturated heterocycles. The summed E-state index contributed by atoms with van der Waals surface area (Å²) in [5, 5.41) is 5.18. The highest BCUT2D eigenvalue weighted by atomic mass is 35.5. The van der Waals surface area contributed by atoms with Gasteiger partial charge in [0.25, 0.3) is 0 Å². The van der Waals surface area contributed by atoms with E-state index in [4.69, 9.17) is 11.6 Å². The molecule has 1 saturated carbocycles. The van der Waals surface area contributed by atoms with Crippen molar-refractivity contribution in [2.45, 2.75) is 50.7 Å². The molecule has 1 aliphatic rings. The highest BCUT2D eigenvalue weighted by Crippen LogP contribution is 2.28. The van der Waals surface area contributed by atoms with Gasteiger partial charge in [-0.15, -0.1) is 22.9 Å². The minimum atomic E-state index is -0.712. The lowest BCUT2D eigenvalue weighted by atomic mass is 9.94.